The Morgan fingerprint density at radius 3 is 2.74 bits per heavy atom. The molecule has 1 amide bonds. The van der Waals surface area contributed by atoms with Crippen molar-refractivity contribution in [2.24, 2.45) is 23.5 Å². The first-order valence-corrected chi connectivity index (χ1v) is 10.5. The van der Waals surface area contributed by atoms with Gasteiger partial charge in [-0.3, -0.25) is 4.79 Å². The highest BCUT2D eigenvalue weighted by molar-refractivity contribution is 5.78. The van der Waals surface area contributed by atoms with Crippen molar-refractivity contribution in [3.05, 3.63) is 29.3 Å². The summed E-state index contributed by atoms with van der Waals surface area (Å²) in [6, 6.07) is 6.49. The summed E-state index contributed by atoms with van der Waals surface area (Å²) in [4.78, 5) is 12.8. The molecule has 2 bridgehead atoms. The molecule has 0 radical (unpaired) electrons. The Kier molecular flexibility index (Phi) is 5.69. The van der Waals surface area contributed by atoms with Crippen molar-refractivity contribution in [2.45, 2.75) is 64.1 Å². The number of amides is 1. The van der Waals surface area contributed by atoms with Gasteiger partial charge in [-0.2, -0.15) is 0 Å². The summed E-state index contributed by atoms with van der Waals surface area (Å²) in [6.45, 7) is 3.98. The molecule has 1 aromatic carbocycles. The molecule has 2 saturated carbocycles. The van der Waals surface area contributed by atoms with Crippen LogP contribution in [0, 0.1) is 24.7 Å². The second kappa shape index (κ2) is 8.19. The molecule has 3 unspecified atom stereocenters. The quantitative estimate of drug-likeness (QED) is 0.833. The molecule has 2 aliphatic carbocycles. The minimum Gasteiger partial charge on any atom is -0.488 e. The molecule has 1 saturated heterocycles. The molecule has 1 heterocycles. The van der Waals surface area contributed by atoms with E-state index in [4.69, 9.17) is 15.2 Å². The molecule has 3 N–H and O–H groups in total. The molecule has 0 aromatic heterocycles. The highest BCUT2D eigenvalue weighted by atomic mass is 16.5. The van der Waals surface area contributed by atoms with Gasteiger partial charge >= 0.3 is 0 Å². The molecule has 1 aromatic rings. The predicted molar refractivity (Wildman–Crippen MR) is 104 cm³/mol. The minimum atomic E-state index is 0.109. The van der Waals surface area contributed by atoms with Crippen LogP contribution in [0.25, 0.3) is 0 Å². The number of rotatable bonds is 5. The van der Waals surface area contributed by atoms with E-state index < -0.39 is 0 Å². The van der Waals surface area contributed by atoms with Gasteiger partial charge in [0.05, 0.1) is 13.2 Å². The molecule has 5 nitrogen and oxygen atoms in total. The molecule has 0 spiro atoms. The number of aryl methyl sites for hydroxylation is 1. The maximum absolute atomic E-state index is 12.8. The number of carbonyl (C=O) groups is 1. The third-order valence-corrected chi connectivity index (χ3v) is 6.64. The minimum absolute atomic E-state index is 0.109. The van der Waals surface area contributed by atoms with Crippen molar-refractivity contribution in [1.82, 2.24) is 5.32 Å². The Hall–Kier alpha value is -1.59. The number of nitrogens with one attached hydrogen (secondary N) is 1. The fraction of sp³-hybridized carbons (Fsp3) is 0.682. The van der Waals surface area contributed by atoms with E-state index in [1.807, 2.05) is 0 Å². The van der Waals surface area contributed by atoms with Crippen LogP contribution in [0.1, 0.15) is 49.7 Å². The number of carbonyl (C=O) groups excluding carboxylic acids is 1. The van der Waals surface area contributed by atoms with E-state index in [0.29, 0.717) is 31.0 Å². The van der Waals surface area contributed by atoms with Crippen molar-refractivity contribution in [3.8, 4) is 5.75 Å². The van der Waals surface area contributed by atoms with E-state index in [-0.39, 0.29) is 17.9 Å². The Balaban J connectivity index is 1.37. The SMILES string of the molecule is Cc1ccc(CNC(=O)C2CC3CCCC(C2)C3N)c(OC2CCOC2)c1. The average Bonchev–Trinajstić information content (AvgIpc) is 3.13. The lowest BCUT2D eigenvalue weighted by molar-refractivity contribution is -0.128. The van der Waals surface area contributed by atoms with E-state index in [0.717, 1.165) is 42.7 Å². The van der Waals surface area contributed by atoms with Crippen molar-refractivity contribution in [1.29, 1.82) is 0 Å². The highest BCUT2D eigenvalue weighted by Crippen LogP contribution is 2.41. The van der Waals surface area contributed by atoms with E-state index in [2.05, 4.69) is 30.4 Å². The monoisotopic (exact) mass is 372 g/mol. The molecular formula is C22H32N2O3. The van der Waals surface area contributed by atoms with E-state index in [1.54, 1.807) is 0 Å². The van der Waals surface area contributed by atoms with Crippen molar-refractivity contribution < 1.29 is 14.3 Å². The molecule has 5 heteroatoms. The van der Waals surface area contributed by atoms with Crippen molar-refractivity contribution in [3.63, 3.8) is 0 Å². The smallest absolute Gasteiger partial charge is 0.223 e. The summed E-state index contributed by atoms with van der Waals surface area (Å²) >= 11 is 0. The average molecular weight is 373 g/mol. The molecule has 3 fully saturated rings. The molecule has 148 valence electrons. The van der Waals surface area contributed by atoms with E-state index in [1.165, 1.54) is 19.3 Å². The fourth-order valence-corrected chi connectivity index (χ4v) is 5.03. The lowest BCUT2D eigenvalue weighted by atomic mass is 9.65. The van der Waals surface area contributed by atoms with Crippen LogP contribution in [-0.4, -0.2) is 31.3 Å². The van der Waals surface area contributed by atoms with Gasteiger partial charge in [0.25, 0.3) is 0 Å². The Bertz CT molecular complexity index is 658. The topological polar surface area (TPSA) is 73.6 Å². The van der Waals surface area contributed by atoms with Gasteiger partial charge in [0.1, 0.15) is 11.9 Å². The van der Waals surface area contributed by atoms with E-state index >= 15 is 0 Å². The van der Waals surface area contributed by atoms with Gasteiger partial charge in [-0.05, 0) is 56.1 Å². The zero-order valence-corrected chi connectivity index (χ0v) is 16.3. The van der Waals surface area contributed by atoms with Crippen LogP contribution in [-0.2, 0) is 16.1 Å². The van der Waals surface area contributed by atoms with Gasteiger partial charge in [0.15, 0.2) is 0 Å². The Morgan fingerprint density at radius 1 is 1.26 bits per heavy atom. The maximum Gasteiger partial charge on any atom is 0.223 e. The summed E-state index contributed by atoms with van der Waals surface area (Å²) in [6.07, 6.45) is 6.56. The largest absolute Gasteiger partial charge is 0.488 e. The lowest BCUT2D eigenvalue weighted by Crippen LogP contribution is -2.49. The zero-order valence-electron chi connectivity index (χ0n) is 16.3. The first kappa shape index (κ1) is 18.8. The number of ether oxygens (including phenoxy) is 2. The van der Waals surface area contributed by atoms with Crippen LogP contribution in [0.5, 0.6) is 5.75 Å². The second-order valence-corrected chi connectivity index (χ2v) is 8.63. The van der Waals surface area contributed by atoms with Crippen molar-refractivity contribution in [2.75, 3.05) is 13.2 Å². The summed E-state index contributed by atoms with van der Waals surface area (Å²) < 4.78 is 11.6. The number of benzene rings is 1. The third-order valence-electron chi connectivity index (χ3n) is 6.64. The first-order chi connectivity index (χ1) is 13.1. The Morgan fingerprint density at radius 2 is 2.04 bits per heavy atom. The van der Waals surface area contributed by atoms with Crippen LogP contribution < -0.4 is 15.8 Å². The standard InChI is InChI=1S/C22H32N2O3/c1-14-5-6-17(20(9-14)27-19-7-8-26-13-19)12-24-22(25)18-10-15-3-2-4-16(11-18)21(15)23/h5-6,9,15-16,18-19,21H,2-4,7-8,10-13,23H2,1H3,(H,24,25). The molecule has 1 aliphatic heterocycles. The van der Waals surface area contributed by atoms with Crippen LogP contribution in [0.4, 0.5) is 0 Å². The highest BCUT2D eigenvalue weighted by Gasteiger charge is 2.40. The summed E-state index contributed by atoms with van der Waals surface area (Å²) in [5.74, 6) is 2.20. The van der Waals surface area contributed by atoms with Gasteiger partial charge < -0.3 is 20.5 Å². The number of fused-ring (bicyclic) bond motifs is 2. The number of hydrogen-bond donors (Lipinski definition) is 2. The summed E-state index contributed by atoms with van der Waals surface area (Å²) in [5.41, 5.74) is 8.56. The van der Waals surface area contributed by atoms with Crippen LogP contribution in [0.15, 0.2) is 18.2 Å². The zero-order chi connectivity index (χ0) is 18.8. The molecule has 4 rings (SSSR count). The molecule has 3 atom stereocenters. The Labute approximate surface area is 162 Å². The van der Waals surface area contributed by atoms with Gasteiger partial charge in [0, 0.05) is 30.5 Å². The first-order valence-electron chi connectivity index (χ1n) is 10.5. The third kappa shape index (κ3) is 4.30. The van der Waals surface area contributed by atoms with Crippen molar-refractivity contribution >= 4 is 5.91 Å². The molecule has 3 aliphatic rings. The fourth-order valence-electron chi connectivity index (χ4n) is 5.03. The summed E-state index contributed by atoms with van der Waals surface area (Å²) in [5, 5.41) is 3.17. The van der Waals surface area contributed by atoms with Crippen LogP contribution >= 0.6 is 0 Å². The van der Waals surface area contributed by atoms with E-state index in [9.17, 15) is 4.79 Å². The molecule has 27 heavy (non-hydrogen) atoms. The van der Waals surface area contributed by atoms with Crippen LogP contribution in [0.2, 0.25) is 0 Å². The molecular weight excluding hydrogens is 340 g/mol. The number of hydrogen-bond acceptors (Lipinski definition) is 4. The van der Waals surface area contributed by atoms with Gasteiger partial charge in [0.2, 0.25) is 5.91 Å². The van der Waals surface area contributed by atoms with Gasteiger partial charge in [-0.15, -0.1) is 0 Å². The maximum atomic E-state index is 12.8. The normalized spacial score (nSPS) is 32.9. The number of nitrogens with two attached hydrogens (primary N) is 1. The lowest BCUT2D eigenvalue weighted by Gasteiger charge is -2.43. The van der Waals surface area contributed by atoms with Crippen LogP contribution in [0.3, 0.4) is 0 Å². The second-order valence-electron chi connectivity index (χ2n) is 8.63. The van der Waals surface area contributed by atoms with Gasteiger partial charge in [-0.25, -0.2) is 0 Å². The predicted octanol–water partition coefficient (Wildman–Crippen LogP) is 2.93. The van der Waals surface area contributed by atoms with Gasteiger partial charge in [-0.1, -0.05) is 18.6 Å². The summed E-state index contributed by atoms with van der Waals surface area (Å²) in [7, 11) is 0.